The van der Waals surface area contributed by atoms with Gasteiger partial charge in [0.15, 0.2) is 0 Å². The van der Waals surface area contributed by atoms with Crippen LogP contribution in [0.15, 0.2) is 4.47 Å². The molecule has 0 saturated carbocycles. The molecule has 16 heavy (non-hydrogen) atoms. The quantitative estimate of drug-likeness (QED) is 0.800. The van der Waals surface area contributed by atoms with Crippen molar-refractivity contribution < 1.29 is 9.47 Å². The third-order valence-corrected chi connectivity index (χ3v) is 2.97. The first-order chi connectivity index (χ1) is 7.65. The number of aromatic nitrogens is 2. The molecule has 0 aromatic carbocycles. The molecule has 0 amide bonds. The molecule has 0 aliphatic rings. The summed E-state index contributed by atoms with van der Waals surface area (Å²) < 4.78 is 11.0. The average molecular weight is 290 g/mol. The van der Waals surface area contributed by atoms with E-state index in [2.05, 4.69) is 25.9 Å². The Morgan fingerprint density at radius 3 is 2.62 bits per heavy atom. The van der Waals surface area contributed by atoms with Crippen LogP contribution in [0.5, 0.6) is 0 Å². The zero-order chi connectivity index (χ0) is 12.0. The van der Waals surface area contributed by atoms with E-state index in [9.17, 15) is 0 Å². The number of hydrogen-bond donors (Lipinski definition) is 1. The molecule has 0 fully saturated rings. The van der Waals surface area contributed by atoms with E-state index in [1.807, 2.05) is 6.92 Å². The first-order valence-corrected chi connectivity index (χ1v) is 5.79. The van der Waals surface area contributed by atoms with E-state index in [0.717, 1.165) is 10.2 Å². The third kappa shape index (κ3) is 4.03. The van der Waals surface area contributed by atoms with Crippen molar-refractivity contribution in [2.45, 2.75) is 13.3 Å². The van der Waals surface area contributed by atoms with Gasteiger partial charge in [0.1, 0.15) is 11.6 Å². The van der Waals surface area contributed by atoms with E-state index in [-0.39, 0.29) is 0 Å². The Morgan fingerprint density at radius 2 is 2.00 bits per heavy atom. The first kappa shape index (κ1) is 13.3. The first-order valence-electron chi connectivity index (χ1n) is 5.00. The Balaban J connectivity index is 2.43. The van der Waals surface area contributed by atoms with Crippen molar-refractivity contribution in [3.05, 3.63) is 16.0 Å². The number of nitrogen functional groups attached to an aromatic ring is 1. The monoisotopic (exact) mass is 289 g/mol. The Kier molecular flexibility index (Phi) is 5.65. The van der Waals surface area contributed by atoms with Crippen LogP contribution >= 0.6 is 15.9 Å². The van der Waals surface area contributed by atoms with E-state index in [1.165, 1.54) is 0 Å². The molecule has 1 aromatic rings. The van der Waals surface area contributed by atoms with Crippen LogP contribution in [0.1, 0.15) is 11.5 Å². The Bertz CT molecular complexity index is 324. The minimum absolute atomic E-state index is 0.472. The van der Waals surface area contributed by atoms with Gasteiger partial charge in [0.25, 0.3) is 0 Å². The number of hydrogen-bond acceptors (Lipinski definition) is 5. The number of rotatable bonds is 6. The lowest BCUT2D eigenvalue weighted by atomic mass is 10.3. The Morgan fingerprint density at radius 1 is 1.25 bits per heavy atom. The molecule has 0 aliphatic carbocycles. The van der Waals surface area contributed by atoms with Crippen LogP contribution in [-0.4, -0.2) is 36.9 Å². The number of nitrogens with two attached hydrogens (primary N) is 1. The summed E-state index contributed by atoms with van der Waals surface area (Å²) in [4.78, 5) is 8.46. The second-order valence-corrected chi connectivity index (χ2v) is 4.07. The van der Waals surface area contributed by atoms with Gasteiger partial charge >= 0.3 is 0 Å². The molecule has 1 aromatic heterocycles. The van der Waals surface area contributed by atoms with E-state index >= 15 is 0 Å². The molecular formula is C10H16BrN3O2. The van der Waals surface area contributed by atoms with Crippen molar-refractivity contribution >= 4 is 21.7 Å². The molecule has 1 rings (SSSR count). The normalized spacial score (nSPS) is 10.7. The lowest BCUT2D eigenvalue weighted by Crippen LogP contribution is -2.09. The minimum Gasteiger partial charge on any atom is -0.383 e. The fourth-order valence-corrected chi connectivity index (χ4v) is 1.34. The van der Waals surface area contributed by atoms with Gasteiger partial charge in [-0.05, 0) is 22.9 Å². The highest BCUT2D eigenvalue weighted by molar-refractivity contribution is 9.10. The molecule has 1 heterocycles. The largest absolute Gasteiger partial charge is 0.383 e. The fourth-order valence-electron chi connectivity index (χ4n) is 1.16. The molecule has 0 bridgehead atoms. The van der Waals surface area contributed by atoms with Crippen LogP contribution < -0.4 is 5.73 Å². The second-order valence-electron chi connectivity index (χ2n) is 3.28. The summed E-state index contributed by atoms with van der Waals surface area (Å²) in [6.07, 6.45) is 0.655. The number of halogens is 1. The summed E-state index contributed by atoms with van der Waals surface area (Å²) in [5.41, 5.74) is 6.56. The second kappa shape index (κ2) is 6.78. The smallest absolute Gasteiger partial charge is 0.141 e. The van der Waals surface area contributed by atoms with Crippen molar-refractivity contribution in [1.82, 2.24) is 9.97 Å². The van der Waals surface area contributed by atoms with E-state index < -0.39 is 0 Å². The minimum atomic E-state index is 0.472. The summed E-state index contributed by atoms with van der Waals surface area (Å²) in [5.74, 6) is 1.18. The molecule has 0 saturated heterocycles. The van der Waals surface area contributed by atoms with Gasteiger partial charge in [0.2, 0.25) is 0 Å². The van der Waals surface area contributed by atoms with Gasteiger partial charge in [-0.25, -0.2) is 9.97 Å². The fraction of sp³-hybridized carbons (Fsp3) is 0.600. The summed E-state index contributed by atoms with van der Waals surface area (Å²) in [7, 11) is 1.64. The highest BCUT2D eigenvalue weighted by atomic mass is 79.9. The number of aryl methyl sites for hydroxylation is 1. The number of ether oxygens (including phenoxy) is 2. The van der Waals surface area contributed by atoms with Crippen LogP contribution in [0.2, 0.25) is 0 Å². The molecule has 5 nitrogen and oxygen atoms in total. The summed E-state index contributed by atoms with van der Waals surface area (Å²) in [6.45, 7) is 3.64. The predicted molar refractivity (Wildman–Crippen MR) is 65.3 cm³/mol. The SMILES string of the molecule is COCCOCCc1nc(C)c(Br)c(N)n1. The van der Waals surface area contributed by atoms with Crippen molar-refractivity contribution in [1.29, 1.82) is 0 Å². The standard InChI is InChI=1S/C10H16BrN3O2/c1-7-9(11)10(12)14-8(13-7)3-4-16-6-5-15-2/h3-6H2,1-2H3,(H2,12,13,14). The zero-order valence-corrected chi connectivity index (χ0v) is 11.1. The maximum Gasteiger partial charge on any atom is 0.141 e. The Labute approximate surface area is 103 Å². The zero-order valence-electron chi connectivity index (χ0n) is 9.49. The van der Waals surface area contributed by atoms with Crippen molar-refractivity contribution in [3.63, 3.8) is 0 Å². The summed E-state index contributed by atoms with van der Waals surface area (Å²) in [6, 6.07) is 0. The van der Waals surface area contributed by atoms with Gasteiger partial charge in [-0.15, -0.1) is 0 Å². The Hall–Kier alpha value is -0.720. The van der Waals surface area contributed by atoms with Crippen molar-refractivity contribution in [2.24, 2.45) is 0 Å². The van der Waals surface area contributed by atoms with Crippen LogP contribution in [0.3, 0.4) is 0 Å². The highest BCUT2D eigenvalue weighted by Gasteiger charge is 2.06. The number of anilines is 1. The topological polar surface area (TPSA) is 70.3 Å². The van der Waals surface area contributed by atoms with Crippen molar-refractivity contribution in [2.75, 3.05) is 32.7 Å². The lowest BCUT2D eigenvalue weighted by Gasteiger charge is -2.06. The molecule has 0 radical (unpaired) electrons. The van der Waals surface area contributed by atoms with Crippen LogP contribution in [0.4, 0.5) is 5.82 Å². The maximum absolute atomic E-state index is 5.71. The maximum atomic E-state index is 5.71. The molecule has 0 aliphatic heterocycles. The molecule has 90 valence electrons. The van der Waals surface area contributed by atoms with Gasteiger partial charge in [-0.2, -0.15) is 0 Å². The molecule has 0 unspecified atom stereocenters. The van der Waals surface area contributed by atoms with Gasteiger partial charge in [0, 0.05) is 13.5 Å². The van der Waals surface area contributed by atoms with Crippen LogP contribution in [0, 0.1) is 6.92 Å². The van der Waals surface area contributed by atoms with Gasteiger partial charge < -0.3 is 15.2 Å². The van der Waals surface area contributed by atoms with Gasteiger partial charge in [-0.3, -0.25) is 0 Å². The summed E-state index contributed by atoms with van der Waals surface area (Å²) >= 11 is 3.32. The molecule has 0 atom stereocenters. The molecular weight excluding hydrogens is 274 g/mol. The van der Waals surface area contributed by atoms with Gasteiger partial charge in [0.05, 0.1) is 30.0 Å². The van der Waals surface area contributed by atoms with Crippen LogP contribution in [-0.2, 0) is 15.9 Å². The number of nitrogens with zero attached hydrogens (tertiary/aromatic N) is 2. The van der Waals surface area contributed by atoms with Gasteiger partial charge in [-0.1, -0.05) is 0 Å². The molecule has 2 N–H and O–H groups in total. The predicted octanol–water partition coefficient (Wildman–Crippen LogP) is 1.34. The van der Waals surface area contributed by atoms with Crippen molar-refractivity contribution in [3.8, 4) is 0 Å². The average Bonchev–Trinajstić information content (AvgIpc) is 2.25. The lowest BCUT2D eigenvalue weighted by molar-refractivity contribution is 0.0716. The third-order valence-electron chi connectivity index (χ3n) is 1.99. The highest BCUT2D eigenvalue weighted by Crippen LogP contribution is 2.19. The molecule has 6 heteroatoms. The number of methoxy groups -OCH3 is 1. The van der Waals surface area contributed by atoms with E-state index in [0.29, 0.717) is 37.9 Å². The summed E-state index contributed by atoms with van der Waals surface area (Å²) in [5, 5.41) is 0. The van der Waals surface area contributed by atoms with E-state index in [4.69, 9.17) is 15.2 Å². The molecule has 0 spiro atoms. The van der Waals surface area contributed by atoms with E-state index in [1.54, 1.807) is 7.11 Å². The van der Waals surface area contributed by atoms with Crippen LogP contribution in [0.25, 0.3) is 0 Å².